The highest BCUT2D eigenvalue weighted by atomic mass is 127. The van der Waals surface area contributed by atoms with Gasteiger partial charge >= 0.3 is 0 Å². The molecule has 0 aliphatic carbocycles. The Labute approximate surface area is 172 Å². The van der Waals surface area contributed by atoms with Crippen molar-refractivity contribution in [1.29, 1.82) is 0 Å². The van der Waals surface area contributed by atoms with Crippen LogP contribution in [-0.2, 0) is 25.8 Å². The number of aromatic nitrogens is 1. The summed E-state index contributed by atoms with van der Waals surface area (Å²) < 4.78 is 5.39. The van der Waals surface area contributed by atoms with Crippen molar-refractivity contribution >= 4 is 29.9 Å². The lowest BCUT2D eigenvalue weighted by molar-refractivity contribution is 0.380. The average Bonchev–Trinajstić information content (AvgIpc) is 3.01. The first-order chi connectivity index (χ1) is 12.2. The van der Waals surface area contributed by atoms with Gasteiger partial charge in [-0.15, -0.1) is 24.0 Å². The number of nitrogens with one attached hydrogen (secondary N) is 2. The molecule has 0 aliphatic heterocycles. The zero-order valence-corrected chi connectivity index (χ0v) is 18.0. The minimum absolute atomic E-state index is 0. The number of aromatic hydroxyl groups is 1. The number of rotatable bonds is 8. The highest BCUT2D eigenvalue weighted by molar-refractivity contribution is 14.0. The Kier molecular flexibility index (Phi) is 10.1. The highest BCUT2D eigenvalue weighted by Crippen LogP contribution is 2.16. The van der Waals surface area contributed by atoms with Crippen molar-refractivity contribution < 1.29 is 9.63 Å². The fourth-order valence-corrected chi connectivity index (χ4v) is 2.65. The molecule has 0 fully saturated rings. The van der Waals surface area contributed by atoms with Gasteiger partial charge in [-0.05, 0) is 37.5 Å². The third kappa shape index (κ3) is 6.51. The third-order valence-electron chi connectivity index (χ3n) is 3.96. The lowest BCUT2D eigenvalue weighted by atomic mass is 10.1. The SMILES string of the molecule is CCNC(=NCc1c(CC)noc1CC)NCCc1cccc(O)c1.I. The lowest BCUT2D eigenvalue weighted by Crippen LogP contribution is -2.38. The minimum atomic E-state index is 0. The summed E-state index contributed by atoms with van der Waals surface area (Å²) in [5.74, 6) is 1.98. The summed E-state index contributed by atoms with van der Waals surface area (Å²) in [6.07, 6.45) is 2.47. The molecule has 7 heteroatoms. The number of aliphatic imine (C=N–C) groups is 1. The van der Waals surface area contributed by atoms with Gasteiger partial charge in [0, 0.05) is 25.1 Å². The fourth-order valence-electron chi connectivity index (χ4n) is 2.65. The maximum absolute atomic E-state index is 9.52. The number of nitrogens with zero attached hydrogens (tertiary/aromatic N) is 2. The Morgan fingerprint density at radius 3 is 2.65 bits per heavy atom. The second-order valence-corrected chi connectivity index (χ2v) is 5.78. The van der Waals surface area contributed by atoms with Gasteiger partial charge in [0.25, 0.3) is 0 Å². The predicted molar refractivity (Wildman–Crippen MR) is 115 cm³/mol. The number of guanidine groups is 1. The van der Waals surface area contributed by atoms with Gasteiger partial charge in [-0.1, -0.05) is 31.1 Å². The number of phenolic OH excluding ortho intramolecular Hbond substituents is 1. The number of phenols is 1. The first-order valence-corrected chi connectivity index (χ1v) is 8.94. The fraction of sp³-hybridized carbons (Fsp3) is 0.474. The van der Waals surface area contributed by atoms with Crippen LogP contribution in [0.2, 0.25) is 0 Å². The zero-order chi connectivity index (χ0) is 18.1. The molecule has 0 saturated carbocycles. The molecule has 2 aromatic rings. The molecule has 0 aliphatic rings. The van der Waals surface area contributed by atoms with Gasteiger partial charge in [-0.3, -0.25) is 0 Å². The Morgan fingerprint density at radius 1 is 1.19 bits per heavy atom. The first-order valence-electron chi connectivity index (χ1n) is 8.94. The monoisotopic (exact) mass is 472 g/mol. The van der Waals surface area contributed by atoms with Crippen LogP contribution in [0.5, 0.6) is 5.75 Å². The van der Waals surface area contributed by atoms with E-state index in [-0.39, 0.29) is 24.0 Å². The van der Waals surface area contributed by atoms with Crippen LogP contribution in [0.4, 0.5) is 0 Å². The summed E-state index contributed by atoms with van der Waals surface area (Å²) in [6, 6.07) is 7.32. The van der Waals surface area contributed by atoms with Crippen LogP contribution < -0.4 is 10.6 Å². The summed E-state index contributed by atoms with van der Waals surface area (Å²) in [5, 5.41) is 20.2. The first kappa shape index (κ1) is 22.3. The Hall–Kier alpha value is -1.77. The van der Waals surface area contributed by atoms with Gasteiger partial charge < -0.3 is 20.3 Å². The topological polar surface area (TPSA) is 82.7 Å². The second kappa shape index (κ2) is 11.8. The van der Waals surface area contributed by atoms with Crippen molar-refractivity contribution in [2.75, 3.05) is 13.1 Å². The molecule has 1 aromatic carbocycles. The highest BCUT2D eigenvalue weighted by Gasteiger charge is 2.13. The maximum atomic E-state index is 9.52. The van der Waals surface area contributed by atoms with E-state index in [2.05, 4.69) is 34.6 Å². The van der Waals surface area contributed by atoms with Gasteiger partial charge in [0.15, 0.2) is 5.96 Å². The van der Waals surface area contributed by atoms with Crippen LogP contribution in [0, 0.1) is 0 Å². The van der Waals surface area contributed by atoms with Crippen molar-refractivity contribution in [1.82, 2.24) is 15.8 Å². The van der Waals surface area contributed by atoms with E-state index in [0.717, 1.165) is 60.9 Å². The van der Waals surface area contributed by atoms with Crippen molar-refractivity contribution in [2.45, 2.75) is 46.6 Å². The van der Waals surface area contributed by atoms with E-state index in [1.54, 1.807) is 12.1 Å². The van der Waals surface area contributed by atoms with Gasteiger partial charge in [0.05, 0.1) is 12.2 Å². The molecular weight excluding hydrogens is 443 g/mol. The molecule has 144 valence electrons. The molecule has 0 atom stereocenters. The maximum Gasteiger partial charge on any atom is 0.191 e. The van der Waals surface area contributed by atoms with Crippen molar-refractivity contribution in [2.24, 2.45) is 4.99 Å². The van der Waals surface area contributed by atoms with Gasteiger partial charge in [-0.25, -0.2) is 4.99 Å². The van der Waals surface area contributed by atoms with Gasteiger partial charge in [0.2, 0.25) is 0 Å². The molecule has 0 amide bonds. The normalized spacial score (nSPS) is 11.1. The summed E-state index contributed by atoms with van der Waals surface area (Å²) in [5.41, 5.74) is 3.16. The van der Waals surface area contributed by atoms with Crippen LogP contribution in [0.3, 0.4) is 0 Å². The third-order valence-corrected chi connectivity index (χ3v) is 3.96. The lowest BCUT2D eigenvalue weighted by Gasteiger charge is -2.11. The van der Waals surface area contributed by atoms with Crippen LogP contribution >= 0.6 is 24.0 Å². The van der Waals surface area contributed by atoms with Crippen LogP contribution in [0.25, 0.3) is 0 Å². The molecule has 1 aromatic heterocycles. The summed E-state index contributed by atoms with van der Waals surface area (Å²) >= 11 is 0. The van der Waals surface area contributed by atoms with Gasteiger partial charge in [0.1, 0.15) is 11.5 Å². The largest absolute Gasteiger partial charge is 0.508 e. The molecule has 0 radical (unpaired) electrons. The predicted octanol–water partition coefficient (Wildman–Crippen LogP) is 3.42. The number of aryl methyl sites for hydroxylation is 2. The standard InChI is InChI=1S/C19H28N4O2.HI/c1-4-17-16(18(5-2)25-23-17)13-22-19(20-6-3)21-11-10-14-8-7-9-15(24)12-14;/h7-9,12,24H,4-6,10-11,13H2,1-3H3,(H2,20,21,22);1H. The van der Waals surface area contributed by atoms with E-state index in [9.17, 15) is 5.11 Å². The van der Waals surface area contributed by atoms with Gasteiger partial charge in [-0.2, -0.15) is 0 Å². The van der Waals surface area contributed by atoms with E-state index < -0.39 is 0 Å². The van der Waals surface area contributed by atoms with Crippen LogP contribution in [0.1, 0.15) is 43.4 Å². The quantitative estimate of drug-likeness (QED) is 0.312. The van der Waals surface area contributed by atoms with E-state index in [1.165, 1.54) is 0 Å². The number of hydrogen-bond acceptors (Lipinski definition) is 4. The summed E-state index contributed by atoms with van der Waals surface area (Å²) in [6.45, 7) is 8.26. The van der Waals surface area contributed by atoms with Crippen LogP contribution in [-0.4, -0.2) is 29.3 Å². The molecule has 0 spiro atoms. The average molecular weight is 472 g/mol. The van der Waals surface area contributed by atoms with E-state index in [4.69, 9.17) is 4.52 Å². The zero-order valence-electron chi connectivity index (χ0n) is 15.7. The molecule has 0 unspecified atom stereocenters. The Bertz CT molecular complexity index is 679. The summed E-state index contributed by atoms with van der Waals surface area (Å²) in [4.78, 5) is 4.67. The number of benzene rings is 1. The molecule has 0 saturated heterocycles. The molecule has 2 rings (SSSR count). The Morgan fingerprint density at radius 2 is 2.00 bits per heavy atom. The molecule has 26 heavy (non-hydrogen) atoms. The number of halogens is 1. The van der Waals surface area contributed by atoms with Crippen molar-refractivity contribution in [3.63, 3.8) is 0 Å². The molecule has 0 bridgehead atoms. The molecule has 6 nitrogen and oxygen atoms in total. The van der Waals surface area contributed by atoms with E-state index in [0.29, 0.717) is 12.3 Å². The number of hydrogen-bond donors (Lipinski definition) is 3. The van der Waals surface area contributed by atoms with E-state index in [1.807, 2.05) is 19.1 Å². The smallest absolute Gasteiger partial charge is 0.191 e. The van der Waals surface area contributed by atoms with Crippen LogP contribution in [0.15, 0.2) is 33.8 Å². The van der Waals surface area contributed by atoms with E-state index >= 15 is 0 Å². The molecule has 3 N–H and O–H groups in total. The molecular formula is C19H29IN4O2. The minimum Gasteiger partial charge on any atom is -0.508 e. The Balaban J connectivity index is 0.00000338. The second-order valence-electron chi connectivity index (χ2n) is 5.78. The molecule has 1 heterocycles. The van der Waals surface area contributed by atoms with Crippen molar-refractivity contribution in [3.8, 4) is 5.75 Å². The van der Waals surface area contributed by atoms with Crippen molar-refractivity contribution in [3.05, 3.63) is 46.8 Å². The summed E-state index contributed by atoms with van der Waals surface area (Å²) in [7, 11) is 0.